The lowest BCUT2D eigenvalue weighted by Gasteiger charge is -2.22. The second kappa shape index (κ2) is 10.4. The van der Waals surface area contributed by atoms with E-state index >= 15 is 0 Å². The molecule has 3 saturated heterocycles. The molecule has 40 heavy (non-hydrogen) atoms. The van der Waals surface area contributed by atoms with Crippen LogP contribution in [0.15, 0.2) is 59.5 Å². The van der Waals surface area contributed by atoms with Gasteiger partial charge in [0.15, 0.2) is 21.6 Å². The van der Waals surface area contributed by atoms with Crippen LogP contribution in [-0.4, -0.2) is 73.2 Å². The van der Waals surface area contributed by atoms with E-state index < -0.39 is 9.84 Å². The number of H-pyrrole nitrogens is 1. The Labute approximate surface area is 237 Å². The number of nitrogens with one attached hydrogen (secondary N) is 2. The van der Waals surface area contributed by atoms with E-state index in [2.05, 4.69) is 15.3 Å². The Morgan fingerprint density at radius 3 is 2.35 bits per heavy atom. The van der Waals surface area contributed by atoms with E-state index in [4.69, 9.17) is 30.8 Å². The largest absolute Gasteiger partial charge is 0.456 e. The minimum absolute atomic E-state index is 0.0751. The summed E-state index contributed by atoms with van der Waals surface area (Å²) < 4.78 is 43.6. The summed E-state index contributed by atoms with van der Waals surface area (Å²) in [5, 5.41) is 3.39. The number of hydrogen-bond acceptors (Lipinski definition) is 8. The Morgan fingerprint density at radius 2 is 1.60 bits per heavy atom. The molecule has 5 heterocycles. The number of pyridine rings is 1. The molecule has 0 unspecified atom stereocenters. The van der Waals surface area contributed by atoms with Gasteiger partial charge in [-0.25, -0.2) is 13.4 Å². The summed E-state index contributed by atoms with van der Waals surface area (Å²) in [6, 6.07) is 17.2. The number of ether oxygens (including phenoxy) is 3. The zero-order chi connectivity index (χ0) is 27.3. The number of sulfone groups is 1. The van der Waals surface area contributed by atoms with Gasteiger partial charge in [-0.1, -0.05) is 48.0 Å². The van der Waals surface area contributed by atoms with Crippen LogP contribution < -0.4 is 10.1 Å². The second-order valence-corrected chi connectivity index (χ2v) is 13.1. The normalized spacial score (nSPS) is 23.5. The highest BCUT2D eigenvalue weighted by atomic mass is 35.5. The van der Waals surface area contributed by atoms with Crippen molar-refractivity contribution in [1.82, 2.24) is 20.3 Å². The fraction of sp³-hybridized carbons (Fsp3) is 0.379. The van der Waals surface area contributed by atoms with Crippen molar-refractivity contribution in [2.75, 3.05) is 26.3 Å². The number of piperidine rings is 1. The van der Waals surface area contributed by atoms with Gasteiger partial charge in [0.2, 0.25) is 0 Å². The number of aromatic nitrogens is 3. The Hall–Kier alpha value is -3.02. The summed E-state index contributed by atoms with van der Waals surface area (Å²) in [6.07, 6.45) is 1.97. The first kappa shape index (κ1) is 25.9. The monoisotopic (exact) mass is 580 g/mol. The third kappa shape index (κ3) is 4.77. The molecular weight excluding hydrogens is 552 g/mol. The maximum absolute atomic E-state index is 13.0. The number of benzene rings is 2. The Bertz CT molecular complexity index is 1640. The van der Waals surface area contributed by atoms with Gasteiger partial charge in [0.1, 0.15) is 6.10 Å². The van der Waals surface area contributed by atoms with E-state index in [1.807, 2.05) is 36.4 Å². The van der Waals surface area contributed by atoms with Gasteiger partial charge in [-0.05, 0) is 61.7 Å². The van der Waals surface area contributed by atoms with E-state index in [9.17, 15) is 8.42 Å². The topological polar surface area (TPSA) is 115 Å². The molecule has 2 aromatic carbocycles. The molecule has 3 aliphatic rings. The molecule has 3 aliphatic heterocycles. The molecule has 0 bridgehead atoms. The van der Waals surface area contributed by atoms with Crippen LogP contribution in [0.4, 0.5) is 0 Å². The van der Waals surface area contributed by atoms with Crippen LogP contribution in [0.25, 0.3) is 33.5 Å². The van der Waals surface area contributed by atoms with E-state index in [0.29, 0.717) is 58.8 Å². The summed E-state index contributed by atoms with van der Waals surface area (Å²) in [5.41, 5.74) is 4.55. The lowest BCUT2D eigenvalue weighted by Crippen LogP contribution is -2.35. The van der Waals surface area contributed by atoms with E-state index in [1.165, 1.54) is 0 Å². The number of halogens is 1. The molecule has 9 nitrogen and oxygen atoms in total. The van der Waals surface area contributed by atoms with Crippen LogP contribution >= 0.6 is 11.6 Å². The van der Waals surface area contributed by atoms with Crippen molar-refractivity contribution in [1.29, 1.82) is 0 Å². The van der Waals surface area contributed by atoms with Crippen molar-refractivity contribution < 1.29 is 22.6 Å². The van der Waals surface area contributed by atoms with E-state index in [-0.39, 0.29) is 23.6 Å². The van der Waals surface area contributed by atoms with Crippen LogP contribution in [0.2, 0.25) is 5.02 Å². The summed E-state index contributed by atoms with van der Waals surface area (Å²) >= 11 is 6.62. The molecule has 0 saturated carbocycles. The van der Waals surface area contributed by atoms with Gasteiger partial charge in [-0.15, -0.1) is 0 Å². The average molecular weight is 581 g/mol. The van der Waals surface area contributed by atoms with Crippen molar-refractivity contribution in [3.05, 3.63) is 59.6 Å². The van der Waals surface area contributed by atoms with Gasteiger partial charge < -0.3 is 24.5 Å². The summed E-state index contributed by atoms with van der Waals surface area (Å²) in [4.78, 5) is 12.8. The van der Waals surface area contributed by atoms with Crippen LogP contribution in [0, 0.1) is 0 Å². The molecule has 3 fully saturated rings. The first-order chi connectivity index (χ1) is 19.5. The Balaban J connectivity index is 1.09. The van der Waals surface area contributed by atoms with Gasteiger partial charge in [-0.2, -0.15) is 4.98 Å². The molecule has 11 heteroatoms. The number of fused-ring (bicyclic) bond motifs is 2. The van der Waals surface area contributed by atoms with Crippen LogP contribution in [0.5, 0.6) is 6.01 Å². The van der Waals surface area contributed by atoms with Crippen molar-refractivity contribution >= 4 is 32.6 Å². The minimum Gasteiger partial charge on any atom is -0.456 e. The zero-order valence-electron chi connectivity index (χ0n) is 21.7. The maximum atomic E-state index is 13.0. The van der Waals surface area contributed by atoms with Gasteiger partial charge in [-0.3, -0.25) is 0 Å². The van der Waals surface area contributed by atoms with Crippen molar-refractivity contribution in [3.63, 3.8) is 0 Å². The molecule has 0 aliphatic carbocycles. The number of aromatic amines is 1. The Kier molecular flexibility index (Phi) is 6.76. The fourth-order valence-corrected chi connectivity index (χ4v) is 7.80. The summed E-state index contributed by atoms with van der Waals surface area (Å²) in [5.74, 6) is 0. The highest BCUT2D eigenvalue weighted by Gasteiger charge is 2.43. The highest BCUT2D eigenvalue weighted by Crippen LogP contribution is 2.33. The molecular formula is C29H29ClN4O5S. The molecule has 4 aromatic rings. The Morgan fingerprint density at radius 1 is 0.900 bits per heavy atom. The smallest absolute Gasteiger partial charge is 0.296 e. The molecule has 208 valence electrons. The predicted molar refractivity (Wildman–Crippen MR) is 151 cm³/mol. The lowest BCUT2D eigenvalue weighted by atomic mass is 10.0. The number of rotatable bonds is 6. The van der Waals surface area contributed by atoms with E-state index in [1.54, 1.807) is 18.2 Å². The van der Waals surface area contributed by atoms with Crippen molar-refractivity contribution in [2.45, 2.75) is 47.7 Å². The van der Waals surface area contributed by atoms with Gasteiger partial charge >= 0.3 is 0 Å². The SMILES string of the molecule is O=S(=O)(c1ccc(-c2ccc(-c3nc4nc(O[C@@H]5CO[C@@H]6CCO[C@@H]65)[nH]c4cc3Cl)cc2)cc1)C1CCNCC1. The molecule has 2 N–H and O–H groups in total. The minimum atomic E-state index is -3.33. The first-order valence-electron chi connectivity index (χ1n) is 13.6. The molecule has 2 aromatic heterocycles. The fourth-order valence-electron chi connectivity index (χ4n) is 5.78. The number of imidazole rings is 1. The molecule has 3 atom stereocenters. The molecule has 0 amide bonds. The third-order valence-electron chi connectivity index (χ3n) is 7.99. The lowest BCUT2D eigenvalue weighted by molar-refractivity contribution is 0.0273. The second-order valence-electron chi connectivity index (χ2n) is 10.5. The molecule has 0 spiro atoms. The quantitative estimate of drug-likeness (QED) is 0.345. The van der Waals surface area contributed by atoms with Gasteiger partial charge in [0, 0.05) is 12.2 Å². The third-order valence-corrected chi connectivity index (χ3v) is 10.6. The van der Waals surface area contributed by atoms with Crippen molar-refractivity contribution in [3.8, 4) is 28.4 Å². The summed E-state index contributed by atoms with van der Waals surface area (Å²) in [6.45, 7) is 2.62. The van der Waals surface area contributed by atoms with Crippen LogP contribution in [0.3, 0.4) is 0 Å². The number of nitrogens with zero attached hydrogens (tertiary/aromatic N) is 2. The van der Waals surface area contributed by atoms with Crippen LogP contribution in [-0.2, 0) is 19.3 Å². The zero-order valence-corrected chi connectivity index (χ0v) is 23.2. The molecule has 0 radical (unpaired) electrons. The standard InChI is InChI=1S/C29H29ClN4O5S/c30-22-15-23-28(34-29(32-23)39-25-16-38-24-11-14-37-27(24)25)33-26(22)19-3-1-17(2-4-19)18-5-7-20(8-6-18)40(35,36)21-9-12-31-13-10-21/h1-8,15,21,24-25,27,31H,9-14,16H2,(H,32,33,34)/t24-,25-,27+/m1/s1. The van der Waals surface area contributed by atoms with Gasteiger partial charge in [0.25, 0.3) is 6.01 Å². The number of hydrogen-bond donors (Lipinski definition) is 2. The van der Waals surface area contributed by atoms with E-state index in [0.717, 1.165) is 36.2 Å². The van der Waals surface area contributed by atoms with Crippen molar-refractivity contribution in [2.24, 2.45) is 0 Å². The predicted octanol–water partition coefficient (Wildman–Crippen LogP) is 4.41. The van der Waals surface area contributed by atoms with Gasteiger partial charge in [0.05, 0.1) is 39.1 Å². The first-order valence-corrected chi connectivity index (χ1v) is 15.5. The maximum Gasteiger partial charge on any atom is 0.296 e. The molecule has 7 rings (SSSR count). The summed E-state index contributed by atoms with van der Waals surface area (Å²) in [7, 11) is -3.33. The van der Waals surface area contributed by atoms with Crippen LogP contribution in [0.1, 0.15) is 19.3 Å². The highest BCUT2D eigenvalue weighted by molar-refractivity contribution is 7.92. The average Bonchev–Trinajstić information content (AvgIpc) is 3.70.